The Morgan fingerprint density at radius 1 is 1.29 bits per heavy atom. The number of anilines is 3. The lowest BCUT2D eigenvalue weighted by molar-refractivity contribution is 0.115. The van der Waals surface area contributed by atoms with Crippen LogP contribution in [0.25, 0.3) is 10.2 Å². The molecule has 166 valence electrons. The van der Waals surface area contributed by atoms with E-state index in [0.717, 1.165) is 53.2 Å². The number of nitrogens with zero attached hydrogens (tertiary/aromatic N) is 4. The minimum atomic E-state index is -0.969. The van der Waals surface area contributed by atoms with Gasteiger partial charge in [0, 0.05) is 17.8 Å². The van der Waals surface area contributed by atoms with Crippen molar-refractivity contribution >= 4 is 50.5 Å². The standard InChI is InChI=1S/C20H28N8OS2/c1-12-8-17(27-26-12)23-18-16-6-7-30-19(16)25-20(24-18)22-13-9-14-4-3-5-15(10-13)28(14)31(29)11-21-2/h6-8,13-15,21H,3-5,9-11H2,1-2H3,(H3,22,23,24,25,26,27)/t13-,14-,15+,31?. The van der Waals surface area contributed by atoms with Gasteiger partial charge in [0.2, 0.25) is 5.95 Å². The molecule has 5 heterocycles. The van der Waals surface area contributed by atoms with Crippen LogP contribution in [0.4, 0.5) is 17.6 Å². The molecule has 31 heavy (non-hydrogen) atoms. The minimum absolute atomic E-state index is 0.274. The summed E-state index contributed by atoms with van der Waals surface area (Å²) < 4.78 is 15.0. The van der Waals surface area contributed by atoms with Crippen LogP contribution in [0.3, 0.4) is 0 Å². The van der Waals surface area contributed by atoms with E-state index in [1.807, 2.05) is 31.5 Å². The second-order valence-corrected chi connectivity index (χ2v) is 10.6. The maximum atomic E-state index is 12.7. The predicted octanol–water partition coefficient (Wildman–Crippen LogP) is 3.10. The highest BCUT2D eigenvalue weighted by atomic mass is 32.2. The molecule has 0 aromatic carbocycles. The van der Waals surface area contributed by atoms with Crippen molar-refractivity contribution in [2.45, 2.75) is 57.2 Å². The lowest BCUT2D eigenvalue weighted by atomic mass is 9.84. The summed E-state index contributed by atoms with van der Waals surface area (Å²) in [5.74, 6) is 2.65. The fourth-order valence-corrected chi connectivity index (χ4v) is 7.00. The highest BCUT2D eigenvalue weighted by molar-refractivity contribution is 7.89. The van der Waals surface area contributed by atoms with Crippen LogP contribution in [0.2, 0.25) is 0 Å². The van der Waals surface area contributed by atoms with E-state index in [1.165, 1.54) is 6.42 Å². The molecular formula is C20H28N8OS2. The van der Waals surface area contributed by atoms with E-state index >= 15 is 0 Å². The topological polar surface area (TPSA) is 117 Å². The highest BCUT2D eigenvalue weighted by Crippen LogP contribution is 2.37. The first kappa shape index (κ1) is 21.0. The van der Waals surface area contributed by atoms with Gasteiger partial charge in [0.15, 0.2) is 11.7 Å². The van der Waals surface area contributed by atoms with Gasteiger partial charge in [-0.05, 0) is 57.5 Å². The second-order valence-electron chi connectivity index (χ2n) is 8.33. The van der Waals surface area contributed by atoms with Crippen molar-refractivity contribution in [1.82, 2.24) is 29.8 Å². The maximum absolute atomic E-state index is 12.7. The van der Waals surface area contributed by atoms with E-state index < -0.39 is 11.4 Å². The number of thiophene rings is 1. The molecule has 0 spiro atoms. The van der Waals surface area contributed by atoms with Crippen molar-refractivity contribution in [3.8, 4) is 0 Å². The van der Waals surface area contributed by atoms with Crippen molar-refractivity contribution < 1.29 is 4.55 Å². The Balaban J connectivity index is 1.35. The summed E-state index contributed by atoms with van der Waals surface area (Å²) in [4.78, 5) is 10.5. The summed E-state index contributed by atoms with van der Waals surface area (Å²) in [5, 5.41) is 20.2. The van der Waals surface area contributed by atoms with E-state index in [1.54, 1.807) is 11.3 Å². The Bertz CT molecular complexity index is 1030. The number of rotatable bonds is 7. The summed E-state index contributed by atoms with van der Waals surface area (Å²) in [6, 6.07) is 4.95. The summed E-state index contributed by atoms with van der Waals surface area (Å²) in [6.07, 6.45) is 5.32. The van der Waals surface area contributed by atoms with Gasteiger partial charge in [0.1, 0.15) is 10.6 Å². The average Bonchev–Trinajstić information content (AvgIpc) is 3.36. The van der Waals surface area contributed by atoms with Crippen molar-refractivity contribution in [1.29, 1.82) is 0 Å². The van der Waals surface area contributed by atoms with Gasteiger partial charge in [-0.25, -0.2) is 4.98 Å². The Hall–Kier alpha value is -1.92. The molecule has 2 bridgehead atoms. The summed E-state index contributed by atoms with van der Waals surface area (Å²) in [6.45, 7) is 1.97. The molecule has 11 heteroatoms. The molecule has 0 aliphatic carbocycles. The normalized spacial score (nSPS) is 24.9. The van der Waals surface area contributed by atoms with Crippen LogP contribution in [-0.4, -0.2) is 60.1 Å². The maximum Gasteiger partial charge on any atom is 0.226 e. The largest absolute Gasteiger partial charge is 0.597 e. The van der Waals surface area contributed by atoms with Crippen LogP contribution in [-0.2, 0) is 11.4 Å². The third-order valence-electron chi connectivity index (χ3n) is 6.02. The Labute approximate surface area is 188 Å². The van der Waals surface area contributed by atoms with Crippen LogP contribution >= 0.6 is 11.3 Å². The zero-order chi connectivity index (χ0) is 21.4. The number of hydrogen-bond acceptors (Lipinski definition) is 9. The van der Waals surface area contributed by atoms with Gasteiger partial charge in [-0.3, -0.25) is 10.4 Å². The van der Waals surface area contributed by atoms with Crippen LogP contribution in [0.15, 0.2) is 17.5 Å². The molecule has 5 rings (SSSR count). The molecule has 3 aromatic rings. The number of piperidine rings is 2. The van der Waals surface area contributed by atoms with Crippen LogP contribution in [0.5, 0.6) is 0 Å². The molecule has 0 amide bonds. The zero-order valence-corrected chi connectivity index (χ0v) is 19.4. The van der Waals surface area contributed by atoms with E-state index in [9.17, 15) is 4.55 Å². The Morgan fingerprint density at radius 3 is 2.81 bits per heavy atom. The number of nitrogens with one attached hydrogen (secondary N) is 4. The third kappa shape index (κ3) is 4.37. The second kappa shape index (κ2) is 8.91. The van der Waals surface area contributed by atoms with Gasteiger partial charge in [-0.2, -0.15) is 10.1 Å². The summed E-state index contributed by atoms with van der Waals surface area (Å²) in [7, 11) is 1.86. The monoisotopic (exact) mass is 460 g/mol. The van der Waals surface area contributed by atoms with Crippen LogP contribution in [0.1, 0.15) is 37.8 Å². The minimum Gasteiger partial charge on any atom is -0.597 e. The first-order valence-corrected chi connectivity index (χ1v) is 12.9. The van der Waals surface area contributed by atoms with E-state index in [-0.39, 0.29) is 6.04 Å². The third-order valence-corrected chi connectivity index (χ3v) is 8.43. The van der Waals surface area contributed by atoms with Crippen molar-refractivity contribution in [3.05, 3.63) is 23.2 Å². The van der Waals surface area contributed by atoms with Gasteiger partial charge >= 0.3 is 0 Å². The molecule has 9 nitrogen and oxygen atoms in total. The molecule has 0 saturated carbocycles. The number of aromatic amines is 1. The fraction of sp³-hybridized carbons (Fsp3) is 0.550. The lowest BCUT2D eigenvalue weighted by Gasteiger charge is -2.47. The molecule has 4 atom stereocenters. The first-order valence-electron chi connectivity index (χ1n) is 10.7. The summed E-state index contributed by atoms with van der Waals surface area (Å²) >= 11 is 0.636. The average molecular weight is 461 g/mol. The van der Waals surface area contributed by atoms with Crippen molar-refractivity contribution in [2.75, 3.05) is 23.6 Å². The molecule has 2 aliphatic rings. The van der Waals surface area contributed by atoms with Crippen molar-refractivity contribution in [2.24, 2.45) is 0 Å². The molecule has 0 radical (unpaired) electrons. The smallest absolute Gasteiger partial charge is 0.226 e. The van der Waals surface area contributed by atoms with Gasteiger partial charge in [-0.1, -0.05) is 0 Å². The van der Waals surface area contributed by atoms with Gasteiger partial charge in [0.05, 0.1) is 28.8 Å². The molecule has 3 aromatic heterocycles. The fourth-order valence-electron chi connectivity index (χ4n) is 4.79. The van der Waals surface area contributed by atoms with Crippen LogP contribution < -0.4 is 16.0 Å². The van der Waals surface area contributed by atoms with Gasteiger partial charge in [0.25, 0.3) is 0 Å². The van der Waals surface area contributed by atoms with E-state index in [0.29, 0.717) is 23.9 Å². The first-order chi connectivity index (χ1) is 15.1. The molecule has 1 unspecified atom stereocenters. The van der Waals surface area contributed by atoms with Crippen molar-refractivity contribution in [3.63, 3.8) is 0 Å². The lowest BCUT2D eigenvalue weighted by Crippen LogP contribution is -2.58. The number of hydrogen-bond donors (Lipinski definition) is 4. The zero-order valence-electron chi connectivity index (χ0n) is 17.7. The molecule has 2 fully saturated rings. The highest BCUT2D eigenvalue weighted by Gasteiger charge is 2.44. The quantitative estimate of drug-likeness (QED) is 0.398. The Kier molecular flexibility index (Phi) is 6.02. The number of H-pyrrole nitrogens is 1. The number of aromatic nitrogens is 4. The predicted molar refractivity (Wildman–Crippen MR) is 126 cm³/mol. The van der Waals surface area contributed by atoms with E-state index in [4.69, 9.17) is 9.97 Å². The molecule has 2 saturated heterocycles. The molecular weight excluding hydrogens is 432 g/mol. The summed E-state index contributed by atoms with van der Waals surface area (Å²) in [5.41, 5.74) is 0.991. The van der Waals surface area contributed by atoms with Crippen LogP contribution in [0, 0.1) is 6.92 Å². The van der Waals surface area contributed by atoms with Gasteiger partial charge in [-0.15, -0.1) is 15.6 Å². The number of aryl methyl sites for hydroxylation is 1. The molecule has 2 aliphatic heterocycles. The molecule has 4 N–H and O–H groups in total. The SMILES string of the molecule is CNC[S+]([O-])N1[C@@H]2CCC[C@H]1C[C@H](Nc1nc(Nc3cc(C)[nH]n3)c3ccsc3n1)C2. The van der Waals surface area contributed by atoms with Gasteiger partial charge < -0.3 is 15.2 Å². The number of fused-ring (bicyclic) bond motifs is 3. The van der Waals surface area contributed by atoms with E-state index in [2.05, 4.69) is 30.5 Å². The Morgan fingerprint density at radius 2 is 2.10 bits per heavy atom.